The second-order valence-corrected chi connectivity index (χ2v) is 10.4. The van der Waals surface area contributed by atoms with Crippen LogP contribution in [0.5, 0.6) is 11.5 Å². The molecule has 0 aromatic heterocycles. The average molecular weight is 466 g/mol. The third-order valence-corrected chi connectivity index (χ3v) is 8.59. The molecule has 1 N–H and O–H groups in total. The average Bonchev–Trinajstić information content (AvgIpc) is 3.34. The van der Waals surface area contributed by atoms with Crippen molar-refractivity contribution >= 4 is 5.91 Å². The van der Waals surface area contributed by atoms with E-state index < -0.39 is 5.60 Å². The van der Waals surface area contributed by atoms with Crippen LogP contribution in [0.3, 0.4) is 0 Å². The van der Waals surface area contributed by atoms with Gasteiger partial charge in [0, 0.05) is 30.1 Å². The van der Waals surface area contributed by atoms with Gasteiger partial charge in [0.05, 0.1) is 25.7 Å². The maximum atomic E-state index is 13.8. The number of likely N-dealkylation sites (tertiary alicyclic amines) is 1. The molecule has 184 valence electrons. The number of carbonyl (C=O) groups is 1. The Morgan fingerprint density at radius 1 is 1.03 bits per heavy atom. The lowest BCUT2D eigenvalue weighted by Gasteiger charge is -2.51. The molecule has 1 saturated carbocycles. The molecular formula is C29H39NO4. The van der Waals surface area contributed by atoms with E-state index in [1.807, 2.05) is 60.4 Å². The zero-order chi connectivity index (χ0) is 24.5. The highest BCUT2D eigenvalue weighted by molar-refractivity contribution is 5.84. The van der Waals surface area contributed by atoms with Crippen molar-refractivity contribution in [2.24, 2.45) is 17.3 Å². The van der Waals surface area contributed by atoms with Gasteiger partial charge in [0.25, 0.3) is 0 Å². The Hall–Kier alpha value is -2.53. The summed E-state index contributed by atoms with van der Waals surface area (Å²) in [4.78, 5) is 15.8. The Kier molecular flexibility index (Phi) is 6.95. The number of rotatable bonds is 7. The number of ether oxygens (including phenoxy) is 2. The maximum Gasteiger partial charge on any atom is 0.229 e. The molecule has 5 heteroatoms. The predicted octanol–water partition coefficient (Wildman–Crippen LogP) is 5.37. The highest BCUT2D eigenvalue weighted by Crippen LogP contribution is 2.58. The number of hydrogen-bond donors (Lipinski definition) is 1. The van der Waals surface area contributed by atoms with Crippen molar-refractivity contribution in [3.05, 3.63) is 59.7 Å². The second-order valence-electron chi connectivity index (χ2n) is 10.4. The molecule has 1 aliphatic carbocycles. The number of methoxy groups -OCH3 is 2. The Morgan fingerprint density at radius 3 is 2.32 bits per heavy atom. The van der Waals surface area contributed by atoms with Gasteiger partial charge in [0.2, 0.25) is 5.91 Å². The van der Waals surface area contributed by atoms with Crippen molar-refractivity contribution < 1.29 is 19.4 Å². The normalized spacial score (nSPS) is 29.4. The van der Waals surface area contributed by atoms with Crippen LogP contribution in [0.2, 0.25) is 0 Å². The Morgan fingerprint density at radius 2 is 1.65 bits per heavy atom. The van der Waals surface area contributed by atoms with E-state index in [1.165, 1.54) is 0 Å². The molecule has 2 aromatic rings. The minimum absolute atomic E-state index is 0.0390. The van der Waals surface area contributed by atoms with E-state index in [4.69, 9.17) is 9.47 Å². The Balaban J connectivity index is 1.69. The molecule has 4 rings (SSSR count). The molecule has 2 unspecified atom stereocenters. The SMILES string of the molecule is CCCC1(C)CCC(O)(c2ccccc2OC)[C@@H]2CN(C(=O)[C@@H](C)c3ccccc3OC)C[C@@H]21. The lowest BCUT2D eigenvalue weighted by molar-refractivity contribution is -0.132. The van der Waals surface area contributed by atoms with E-state index in [-0.39, 0.29) is 29.1 Å². The molecule has 0 bridgehead atoms. The Bertz CT molecular complexity index is 1020. The standard InChI is InChI=1S/C29H39NO4/c1-6-15-28(3)16-17-29(32,22-12-8-10-14-26(22)34-5)24-19-30(18-23(24)28)27(31)20(2)21-11-7-9-13-25(21)33-4/h7-14,20,23-24,32H,6,15-19H2,1-5H3/t20-,23-,24+,28?,29?/m0/s1. The first-order valence-corrected chi connectivity index (χ1v) is 12.6. The van der Waals surface area contributed by atoms with Gasteiger partial charge < -0.3 is 19.5 Å². The fourth-order valence-corrected chi connectivity index (χ4v) is 6.67. The summed E-state index contributed by atoms with van der Waals surface area (Å²) < 4.78 is 11.2. The molecular weight excluding hydrogens is 426 g/mol. The zero-order valence-electron chi connectivity index (χ0n) is 21.2. The predicted molar refractivity (Wildman–Crippen MR) is 134 cm³/mol. The van der Waals surface area contributed by atoms with Crippen LogP contribution in [-0.2, 0) is 10.4 Å². The first-order chi connectivity index (χ1) is 16.3. The van der Waals surface area contributed by atoms with E-state index in [9.17, 15) is 9.90 Å². The van der Waals surface area contributed by atoms with Crippen molar-refractivity contribution in [1.82, 2.24) is 4.90 Å². The smallest absolute Gasteiger partial charge is 0.229 e. The van der Waals surface area contributed by atoms with Crippen molar-refractivity contribution in [3.8, 4) is 11.5 Å². The number of nitrogens with zero attached hydrogens (tertiary/aromatic N) is 1. The zero-order valence-corrected chi connectivity index (χ0v) is 21.2. The number of benzene rings is 2. The summed E-state index contributed by atoms with van der Waals surface area (Å²) in [6.45, 7) is 7.77. The number of aliphatic hydroxyl groups is 1. The molecule has 1 aliphatic heterocycles. The van der Waals surface area contributed by atoms with Gasteiger partial charge in [-0.1, -0.05) is 56.7 Å². The van der Waals surface area contributed by atoms with Crippen LogP contribution in [0, 0.1) is 17.3 Å². The molecule has 5 nitrogen and oxygen atoms in total. The summed E-state index contributed by atoms with van der Waals surface area (Å²) in [5, 5.41) is 12.2. The minimum atomic E-state index is -1.02. The molecule has 2 fully saturated rings. The number of para-hydroxylation sites is 2. The van der Waals surface area contributed by atoms with Crippen LogP contribution < -0.4 is 9.47 Å². The highest BCUT2D eigenvalue weighted by Gasteiger charge is 2.58. The number of hydrogen-bond acceptors (Lipinski definition) is 4. The molecule has 5 atom stereocenters. The fourth-order valence-electron chi connectivity index (χ4n) is 6.67. The van der Waals surface area contributed by atoms with Gasteiger partial charge in [-0.2, -0.15) is 0 Å². The van der Waals surface area contributed by atoms with E-state index in [1.54, 1.807) is 14.2 Å². The van der Waals surface area contributed by atoms with Gasteiger partial charge in [-0.3, -0.25) is 4.79 Å². The van der Waals surface area contributed by atoms with Gasteiger partial charge in [0.1, 0.15) is 11.5 Å². The number of amides is 1. The molecule has 2 aromatic carbocycles. The number of fused-ring (bicyclic) bond motifs is 1. The van der Waals surface area contributed by atoms with E-state index >= 15 is 0 Å². The van der Waals surface area contributed by atoms with Crippen LogP contribution in [0.1, 0.15) is 63.5 Å². The van der Waals surface area contributed by atoms with Gasteiger partial charge in [0.15, 0.2) is 0 Å². The van der Waals surface area contributed by atoms with E-state index in [2.05, 4.69) is 13.8 Å². The molecule has 1 saturated heterocycles. The summed E-state index contributed by atoms with van der Waals surface area (Å²) in [6.07, 6.45) is 3.80. The molecule has 1 amide bonds. The molecule has 0 spiro atoms. The van der Waals surface area contributed by atoms with Crippen molar-refractivity contribution in [2.75, 3.05) is 27.3 Å². The minimum Gasteiger partial charge on any atom is -0.496 e. The van der Waals surface area contributed by atoms with E-state index in [0.717, 1.165) is 41.9 Å². The van der Waals surface area contributed by atoms with Gasteiger partial charge >= 0.3 is 0 Å². The van der Waals surface area contributed by atoms with Crippen LogP contribution in [-0.4, -0.2) is 43.2 Å². The molecule has 1 heterocycles. The molecule has 2 aliphatic rings. The van der Waals surface area contributed by atoms with Gasteiger partial charge in [-0.25, -0.2) is 0 Å². The number of carbonyl (C=O) groups excluding carboxylic acids is 1. The van der Waals surface area contributed by atoms with Crippen LogP contribution in [0.25, 0.3) is 0 Å². The van der Waals surface area contributed by atoms with Crippen molar-refractivity contribution in [3.63, 3.8) is 0 Å². The summed E-state index contributed by atoms with van der Waals surface area (Å²) in [7, 11) is 3.30. The third kappa shape index (κ3) is 4.08. The Labute approximate surface area is 204 Å². The van der Waals surface area contributed by atoms with Crippen molar-refractivity contribution in [2.45, 2.75) is 58.0 Å². The molecule has 0 radical (unpaired) electrons. The van der Waals surface area contributed by atoms with Crippen LogP contribution in [0.4, 0.5) is 0 Å². The first-order valence-electron chi connectivity index (χ1n) is 12.6. The van der Waals surface area contributed by atoms with Gasteiger partial charge in [-0.05, 0) is 49.7 Å². The maximum absolute atomic E-state index is 13.8. The molecule has 34 heavy (non-hydrogen) atoms. The van der Waals surface area contributed by atoms with Crippen LogP contribution in [0.15, 0.2) is 48.5 Å². The highest BCUT2D eigenvalue weighted by atomic mass is 16.5. The monoisotopic (exact) mass is 465 g/mol. The van der Waals surface area contributed by atoms with Crippen molar-refractivity contribution in [1.29, 1.82) is 0 Å². The lowest BCUT2D eigenvalue weighted by atomic mass is 9.55. The van der Waals surface area contributed by atoms with Gasteiger partial charge in [-0.15, -0.1) is 0 Å². The summed E-state index contributed by atoms with van der Waals surface area (Å²) in [6, 6.07) is 15.6. The summed E-state index contributed by atoms with van der Waals surface area (Å²) >= 11 is 0. The van der Waals surface area contributed by atoms with E-state index in [0.29, 0.717) is 19.5 Å². The summed E-state index contributed by atoms with van der Waals surface area (Å²) in [5.41, 5.74) is 0.822. The fraction of sp³-hybridized carbons (Fsp3) is 0.552. The van der Waals surface area contributed by atoms with Crippen LogP contribution >= 0.6 is 0 Å². The third-order valence-electron chi connectivity index (χ3n) is 8.59. The lowest BCUT2D eigenvalue weighted by Crippen LogP contribution is -2.50. The summed E-state index contributed by atoms with van der Waals surface area (Å²) in [5.74, 6) is 1.43. The largest absolute Gasteiger partial charge is 0.496 e. The topological polar surface area (TPSA) is 59.0 Å². The first kappa shape index (κ1) is 24.6. The quantitative estimate of drug-likeness (QED) is 0.597. The second kappa shape index (κ2) is 9.61.